The molecule has 232 valence electrons. The Kier molecular flexibility index (Phi) is 9.75. The van der Waals surface area contributed by atoms with Crippen molar-refractivity contribution in [3.8, 4) is 11.6 Å². The van der Waals surface area contributed by atoms with Crippen molar-refractivity contribution in [2.24, 2.45) is 11.8 Å². The summed E-state index contributed by atoms with van der Waals surface area (Å²) in [5.41, 5.74) is 2.37. The summed E-state index contributed by atoms with van der Waals surface area (Å²) in [6.45, 7) is 8.30. The van der Waals surface area contributed by atoms with E-state index >= 15 is 0 Å². The van der Waals surface area contributed by atoms with E-state index in [4.69, 9.17) is 14.2 Å². The quantitative estimate of drug-likeness (QED) is 0.224. The maximum Gasteiger partial charge on any atom is 0.261 e. The molecule has 2 N–H and O–H groups in total. The summed E-state index contributed by atoms with van der Waals surface area (Å²) in [5, 5.41) is 6.40. The summed E-state index contributed by atoms with van der Waals surface area (Å²) in [5.74, 6) is 1.10. The topological polar surface area (TPSA) is 112 Å². The number of nitrogens with zero attached hydrogens (tertiary/aromatic N) is 2. The first-order chi connectivity index (χ1) is 21.2. The van der Waals surface area contributed by atoms with Crippen molar-refractivity contribution in [1.82, 2.24) is 9.97 Å². The van der Waals surface area contributed by atoms with Crippen molar-refractivity contribution in [1.29, 1.82) is 0 Å². The van der Waals surface area contributed by atoms with Gasteiger partial charge in [-0.25, -0.2) is 14.4 Å². The number of amides is 2. The van der Waals surface area contributed by atoms with E-state index < -0.39 is 11.8 Å². The highest BCUT2D eigenvalue weighted by molar-refractivity contribution is 7.19. The zero-order chi connectivity index (χ0) is 31.4. The van der Waals surface area contributed by atoms with Crippen LogP contribution in [-0.2, 0) is 4.74 Å². The SMILES string of the molecule is CC1COCC(C)C1.COc1cc(C(=O)Nc2ccc(F)c(C3CC3)c2)c(NC(=O)c2c(OC)ccc3nc(C)sc23)cn1. The number of thiazole rings is 1. The van der Waals surface area contributed by atoms with Crippen LogP contribution in [0.3, 0.4) is 0 Å². The molecule has 2 aliphatic rings. The number of carbonyl (C=O) groups is 2. The van der Waals surface area contributed by atoms with Crippen molar-refractivity contribution < 1.29 is 28.2 Å². The van der Waals surface area contributed by atoms with Gasteiger partial charge in [-0.15, -0.1) is 11.3 Å². The Balaban J connectivity index is 0.000000418. The van der Waals surface area contributed by atoms with Crippen LogP contribution in [0.1, 0.15) is 70.3 Å². The van der Waals surface area contributed by atoms with Gasteiger partial charge in [0, 0.05) is 25.0 Å². The number of aryl methyl sites for hydroxylation is 1. The second-order valence-electron chi connectivity index (χ2n) is 11.4. The highest BCUT2D eigenvalue weighted by atomic mass is 32.1. The third-order valence-corrected chi connectivity index (χ3v) is 8.54. The molecule has 2 unspecified atom stereocenters. The molecule has 2 fully saturated rings. The molecule has 9 nitrogen and oxygen atoms in total. The molecule has 0 bridgehead atoms. The largest absolute Gasteiger partial charge is 0.496 e. The molecule has 1 saturated heterocycles. The lowest BCUT2D eigenvalue weighted by molar-refractivity contribution is 0.0274. The van der Waals surface area contributed by atoms with Gasteiger partial charge in [-0.05, 0) is 79.8 Å². The molecule has 2 aromatic heterocycles. The van der Waals surface area contributed by atoms with Gasteiger partial charge in [0.05, 0.1) is 46.9 Å². The molecule has 6 rings (SSSR count). The molecule has 4 aromatic rings. The Morgan fingerprint density at radius 3 is 2.39 bits per heavy atom. The zero-order valence-corrected chi connectivity index (χ0v) is 26.3. The van der Waals surface area contributed by atoms with Gasteiger partial charge in [-0.3, -0.25) is 9.59 Å². The lowest BCUT2D eigenvalue weighted by Crippen LogP contribution is -2.21. The maximum absolute atomic E-state index is 14.2. The predicted octanol–water partition coefficient (Wildman–Crippen LogP) is 7.22. The van der Waals surface area contributed by atoms with Gasteiger partial charge in [0.2, 0.25) is 5.88 Å². The van der Waals surface area contributed by atoms with E-state index in [0.29, 0.717) is 32.8 Å². The van der Waals surface area contributed by atoms with E-state index in [1.165, 1.54) is 56.4 Å². The van der Waals surface area contributed by atoms with Crippen molar-refractivity contribution in [3.63, 3.8) is 0 Å². The molecule has 1 aliphatic heterocycles. The normalized spacial score (nSPS) is 17.8. The fraction of sp³-hybridized carbons (Fsp3) is 0.394. The molecule has 11 heteroatoms. The minimum Gasteiger partial charge on any atom is -0.496 e. The number of benzene rings is 2. The Hall–Kier alpha value is -4.09. The lowest BCUT2D eigenvalue weighted by atomic mass is 9.96. The van der Waals surface area contributed by atoms with Crippen molar-refractivity contribution in [2.45, 2.75) is 46.0 Å². The average molecular weight is 621 g/mol. The Morgan fingerprint density at radius 2 is 1.75 bits per heavy atom. The molecule has 1 saturated carbocycles. The second-order valence-corrected chi connectivity index (χ2v) is 12.6. The van der Waals surface area contributed by atoms with Gasteiger partial charge in [-0.2, -0.15) is 0 Å². The smallest absolute Gasteiger partial charge is 0.261 e. The number of anilines is 2. The van der Waals surface area contributed by atoms with Gasteiger partial charge < -0.3 is 24.8 Å². The molecule has 44 heavy (non-hydrogen) atoms. The van der Waals surface area contributed by atoms with Gasteiger partial charge in [0.25, 0.3) is 11.8 Å². The molecule has 1 aliphatic carbocycles. The van der Waals surface area contributed by atoms with E-state index in [9.17, 15) is 14.0 Å². The van der Waals surface area contributed by atoms with E-state index in [-0.39, 0.29) is 28.9 Å². The number of hydrogen-bond acceptors (Lipinski definition) is 8. The van der Waals surface area contributed by atoms with Gasteiger partial charge in [0.15, 0.2) is 0 Å². The minimum absolute atomic E-state index is 0.138. The van der Waals surface area contributed by atoms with E-state index in [2.05, 4.69) is 34.4 Å². The molecule has 2 aromatic carbocycles. The number of hydrogen-bond donors (Lipinski definition) is 2. The summed E-state index contributed by atoms with van der Waals surface area (Å²) in [6, 6.07) is 9.42. The van der Waals surface area contributed by atoms with Crippen LogP contribution in [0.25, 0.3) is 10.2 Å². The lowest BCUT2D eigenvalue weighted by Gasteiger charge is -2.23. The number of fused-ring (bicyclic) bond motifs is 1. The van der Waals surface area contributed by atoms with Crippen molar-refractivity contribution >= 4 is 44.7 Å². The molecule has 0 radical (unpaired) electrons. The fourth-order valence-electron chi connectivity index (χ4n) is 5.31. The van der Waals surface area contributed by atoms with Crippen LogP contribution >= 0.6 is 11.3 Å². The number of carbonyl (C=O) groups excluding carboxylic acids is 2. The van der Waals surface area contributed by atoms with Crippen LogP contribution in [0.2, 0.25) is 0 Å². The monoisotopic (exact) mass is 620 g/mol. The van der Waals surface area contributed by atoms with Crippen LogP contribution < -0.4 is 20.1 Å². The number of rotatable bonds is 7. The molecule has 2 amide bonds. The summed E-state index contributed by atoms with van der Waals surface area (Å²) >= 11 is 1.38. The van der Waals surface area contributed by atoms with Crippen molar-refractivity contribution in [3.05, 3.63) is 70.1 Å². The van der Waals surface area contributed by atoms with Crippen LogP contribution in [0.5, 0.6) is 11.6 Å². The average Bonchev–Trinajstić information content (AvgIpc) is 3.77. The van der Waals surface area contributed by atoms with Gasteiger partial charge in [0.1, 0.15) is 17.1 Å². The highest BCUT2D eigenvalue weighted by Gasteiger charge is 2.27. The molecule has 3 heterocycles. The first kappa shape index (κ1) is 31.3. The Morgan fingerprint density at radius 1 is 1.00 bits per heavy atom. The van der Waals surface area contributed by atoms with Crippen LogP contribution in [0.15, 0.2) is 42.6 Å². The highest BCUT2D eigenvalue weighted by Crippen LogP contribution is 2.42. The molecular weight excluding hydrogens is 583 g/mol. The third kappa shape index (κ3) is 7.34. The summed E-state index contributed by atoms with van der Waals surface area (Å²) in [7, 11) is 2.92. The van der Waals surface area contributed by atoms with Gasteiger partial charge >= 0.3 is 0 Å². The number of pyridine rings is 1. The zero-order valence-electron chi connectivity index (χ0n) is 25.5. The second kappa shape index (κ2) is 13.7. The molecule has 0 spiro atoms. The van der Waals surface area contributed by atoms with Crippen LogP contribution in [0.4, 0.5) is 15.8 Å². The number of ether oxygens (including phenoxy) is 3. The fourth-order valence-corrected chi connectivity index (χ4v) is 6.26. The standard InChI is InChI=1S/C26H23FN4O4S.C7H14O/c1-13-29-19-8-9-21(34-2)23(24(19)36-13)26(33)31-20-12-28-22(35-3)11-17(20)25(32)30-15-6-7-18(27)16(10-15)14-4-5-14;1-6-3-7(2)5-8-4-6/h6-12,14H,4-5H2,1-3H3,(H,30,32)(H,31,33);6-7H,3-5H2,1-2H3. The van der Waals surface area contributed by atoms with E-state index in [0.717, 1.165) is 42.9 Å². The Labute approximate surface area is 260 Å². The third-order valence-electron chi connectivity index (χ3n) is 7.53. The first-order valence-corrected chi connectivity index (χ1v) is 15.5. The van der Waals surface area contributed by atoms with E-state index in [1.54, 1.807) is 18.2 Å². The number of methoxy groups -OCH3 is 2. The summed E-state index contributed by atoms with van der Waals surface area (Å²) in [4.78, 5) is 35.3. The first-order valence-electron chi connectivity index (χ1n) is 14.6. The molecule has 2 atom stereocenters. The van der Waals surface area contributed by atoms with Crippen LogP contribution in [0, 0.1) is 24.6 Å². The Bertz CT molecular complexity index is 1660. The number of aromatic nitrogens is 2. The van der Waals surface area contributed by atoms with E-state index in [1.807, 2.05) is 6.92 Å². The molecular formula is C33H37FN4O5S. The predicted molar refractivity (Wildman–Crippen MR) is 170 cm³/mol. The maximum atomic E-state index is 14.2. The van der Waals surface area contributed by atoms with Gasteiger partial charge in [-0.1, -0.05) is 13.8 Å². The summed E-state index contributed by atoms with van der Waals surface area (Å²) in [6.07, 6.45) is 4.57. The minimum atomic E-state index is -0.502. The summed E-state index contributed by atoms with van der Waals surface area (Å²) < 4.78 is 30.8. The number of nitrogens with one attached hydrogen (secondary N) is 2. The van der Waals surface area contributed by atoms with Crippen LogP contribution in [-0.4, -0.2) is 49.2 Å². The van der Waals surface area contributed by atoms with Crippen molar-refractivity contribution in [2.75, 3.05) is 38.1 Å². The number of halogens is 1.